The minimum atomic E-state index is -5.11. The average molecular weight is 459 g/mol. The summed E-state index contributed by atoms with van der Waals surface area (Å²) in [4.78, 5) is 12.3. The summed E-state index contributed by atoms with van der Waals surface area (Å²) in [5.74, 6) is -2.78. The van der Waals surface area contributed by atoms with Crippen LogP contribution in [0.2, 0.25) is 10.0 Å². The third-order valence-corrected chi connectivity index (χ3v) is 5.24. The van der Waals surface area contributed by atoms with Gasteiger partial charge in [0.05, 0.1) is 6.42 Å². The molecular formula is C19H15Cl2F3N4O2. The smallest absolute Gasteiger partial charge is 0.419 e. The van der Waals surface area contributed by atoms with Gasteiger partial charge in [-0.25, -0.2) is 0 Å². The van der Waals surface area contributed by atoms with E-state index in [0.29, 0.717) is 25.2 Å². The van der Waals surface area contributed by atoms with Crippen LogP contribution in [0.25, 0.3) is 5.57 Å². The second-order valence-electron chi connectivity index (χ2n) is 6.57. The van der Waals surface area contributed by atoms with Gasteiger partial charge in [0.1, 0.15) is 17.5 Å². The fourth-order valence-corrected chi connectivity index (χ4v) is 3.65. The molecule has 0 unspecified atom stereocenters. The lowest BCUT2D eigenvalue weighted by Crippen LogP contribution is -2.22. The molecule has 1 aromatic carbocycles. The minimum absolute atomic E-state index is 0.111. The number of carbonyl (C=O) groups excluding carboxylic acids is 1. The molecule has 0 atom stereocenters. The van der Waals surface area contributed by atoms with Crippen molar-refractivity contribution in [3.05, 3.63) is 51.2 Å². The van der Waals surface area contributed by atoms with Gasteiger partial charge in [-0.15, -0.1) is 10.2 Å². The van der Waals surface area contributed by atoms with E-state index in [2.05, 4.69) is 14.9 Å². The Hall–Kier alpha value is -2.57. The van der Waals surface area contributed by atoms with Gasteiger partial charge in [-0.3, -0.25) is 4.79 Å². The Kier molecular flexibility index (Phi) is 6.68. The molecule has 1 aliphatic heterocycles. The van der Waals surface area contributed by atoms with Crippen LogP contribution in [0.15, 0.2) is 24.0 Å². The molecule has 30 heavy (non-hydrogen) atoms. The number of aryl methyl sites for hydroxylation is 1. The van der Waals surface area contributed by atoms with E-state index in [9.17, 15) is 23.2 Å². The number of benzene rings is 1. The van der Waals surface area contributed by atoms with Gasteiger partial charge in [0.15, 0.2) is 5.82 Å². The molecule has 6 nitrogen and oxygen atoms in total. The summed E-state index contributed by atoms with van der Waals surface area (Å²) in [6.07, 6.45) is -2.75. The second-order valence-corrected chi connectivity index (χ2v) is 7.38. The van der Waals surface area contributed by atoms with Crippen molar-refractivity contribution in [1.29, 1.82) is 5.26 Å². The van der Waals surface area contributed by atoms with Crippen LogP contribution in [0.4, 0.5) is 13.2 Å². The number of hydrogen-bond acceptors (Lipinski definition) is 5. The zero-order valence-electron chi connectivity index (χ0n) is 15.5. The molecule has 0 amide bonds. The molecule has 2 aromatic rings. The van der Waals surface area contributed by atoms with E-state index < -0.39 is 29.9 Å². The number of allylic oxidation sites excluding steroid dienone is 2. The second kappa shape index (κ2) is 9.06. The van der Waals surface area contributed by atoms with Crippen molar-refractivity contribution in [1.82, 2.24) is 14.8 Å². The third-order valence-electron chi connectivity index (χ3n) is 4.53. The molecule has 0 radical (unpaired) electrons. The van der Waals surface area contributed by atoms with E-state index in [4.69, 9.17) is 23.2 Å². The Balaban J connectivity index is 1.99. The summed E-state index contributed by atoms with van der Waals surface area (Å²) in [5, 5.41) is 17.4. The lowest BCUT2D eigenvalue weighted by molar-refractivity contribution is -0.159. The highest BCUT2D eigenvalue weighted by Gasteiger charge is 2.42. The van der Waals surface area contributed by atoms with Crippen LogP contribution in [0.5, 0.6) is 0 Å². The molecule has 11 heteroatoms. The van der Waals surface area contributed by atoms with Crippen molar-refractivity contribution < 1.29 is 22.7 Å². The Labute approximate surface area is 179 Å². The number of halogens is 5. The summed E-state index contributed by atoms with van der Waals surface area (Å²) in [5.41, 5.74) is -0.774. The number of nitriles is 1. The standard InChI is InChI=1S/C19H15Cl2F3N4O2/c20-13-5-4-6-14(21)11(13)9-16(29)30-17(19(22,23)24)12(10-25)18-27-26-15-7-2-1-3-8-28(15)18/h4-6H,1-3,7-9H2. The topological polar surface area (TPSA) is 80.8 Å². The molecule has 3 rings (SSSR count). The minimum Gasteiger partial charge on any atom is -0.419 e. The van der Waals surface area contributed by atoms with E-state index >= 15 is 0 Å². The molecule has 0 saturated heterocycles. The maximum Gasteiger partial charge on any atom is 0.451 e. The first kappa shape index (κ1) is 22.1. The Morgan fingerprint density at radius 2 is 1.90 bits per heavy atom. The Morgan fingerprint density at radius 3 is 2.53 bits per heavy atom. The van der Waals surface area contributed by atoms with Crippen LogP contribution in [0.3, 0.4) is 0 Å². The molecular weight excluding hydrogens is 444 g/mol. The molecule has 0 N–H and O–H groups in total. The van der Waals surface area contributed by atoms with Gasteiger partial charge in [0, 0.05) is 28.6 Å². The summed E-state index contributed by atoms with van der Waals surface area (Å²) in [7, 11) is 0. The van der Waals surface area contributed by atoms with Crippen LogP contribution in [0.1, 0.15) is 36.5 Å². The van der Waals surface area contributed by atoms with E-state index in [-0.39, 0.29) is 21.4 Å². The lowest BCUT2D eigenvalue weighted by atomic mass is 10.1. The van der Waals surface area contributed by atoms with E-state index in [1.807, 2.05) is 0 Å². The average Bonchev–Trinajstić information content (AvgIpc) is 2.92. The summed E-state index contributed by atoms with van der Waals surface area (Å²) in [6.45, 7) is 0.372. The van der Waals surface area contributed by atoms with Gasteiger partial charge in [-0.2, -0.15) is 18.4 Å². The number of fused-ring (bicyclic) bond motifs is 1. The highest BCUT2D eigenvalue weighted by Crippen LogP contribution is 2.34. The number of nitrogens with zero attached hydrogens (tertiary/aromatic N) is 4. The molecule has 1 aliphatic rings. The largest absolute Gasteiger partial charge is 0.451 e. The van der Waals surface area contributed by atoms with Crippen LogP contribution < -0.4 is 0 Å². The fraction of sp³-hybridized carbons (Fsp3) is 0.368. The predicted octanol–water partition coefficient (Wildman–Crippen LogP) is 4.89. The van der Waals surface area contributed by atoms with Crippen molar-refractivity contribution >= 4 is 34.7 Å². The first-order valence-electron chi connectivity index (χ1n) is 9.00. The summed E-state index contributed by atoms with van der Waals surface area (Å²) in [6, 6.07) is 5.91. The lowest BCUT2D eigenvalue weighted by Gasteiger charge is -2.15. The maximum atomic E-state index is 13.7. The zero-order chi connectivity index (χ0) is 21.9. The molecule has 0 saturated carbocycles. The van der Waals surface area contributed by atoms with Crippen molar-refractivity contribution in [2.45, 2.75) is 44.8 Å². The van der Waals surface area contributed by atoms with Gasteiger partial charge in [0.25, 0.3) is 0 Å². The van der Waals surface area contributed by atoms with Gasteiger partial charge in [-0.05, 0) is 25.0 Å². The molecule has 2 heterocycles. The SMILES string of the molecule is N#CC(=C(OC(=O)Cc1c(Cl)cccc1Cl)C(F)(F)F)c1nnc2n1CCCCC2. The maximum absolute atomic E-state index is 13.7. The number of esters is 1. The van der Waals surface area contributed by atoms with E-state index in [1.54, 1.807) is 0 Å². The number of ether oxygens (including phenoxy) is 1. The van der Waals surface area contributed by atoms with E-state index in [0.717, 1.165) is 12.8 Å². The Morgan fingerprint density at radius 1 is 1.20 bits per heavy atom. The number of rotatable bonds is 4. The first-order chi connectivity index (χ1) is 14.2. The van der Waals surface area contributed by atoms with Crippen molar-refractivity contribution in [3.63, 3.8) is 0 Å². The summed E-state index contributed by atoms with van der Waals surface area (Å²) >= 11 is 11.9. The highest BCUT2D eigenvalue weighted by molar-refractivity contribution is 6.36. The first-order valence-corrected chi connectivity index (χ1v) is 9.75. The quantitative estimate of drug-likeness (QED) is 0.370. The van der Waals surface area contributed by atoms with E-state index in [1.165, 1.54) is 28.8 Å². The van der Waals surface area contributed by atoms with Gasteiger partial charge >= 0.3 is 12.1 Å². The van der Waals surface area contributed by atoms with Crippen LogP contribution in [-0.2, 0) is 28.9 Å². The predicted molar refractivity (Wildman–Crippen MR) is 102 cm³/mol. The van der Waals surface area contributed by atoms with Gasteiger partial charge in [0.2, 0.25) is 5.76 Å². The molecule has 0 spiro atoms. The van der Waals surface area contributed by atoms with Crippen molar-refractivity contribution in [2.24, 2.45) is 0 Å². The van der Waals surface area contributed by atoms with Crippen molar-refractivity contribution in [2.75, 3.05) is 0 Å². The Bertz CT molecular complexity index is 1020. The number of hydrogen-bond donors (Lipinski definition) is 0. The number of aromatic nitrogens is 3. The molecule has 0 aliphatic carbocycles. The number of carbonyl (C=O) groups is 1. The van der Waals surface area contributed by atoms with Crippen LogP contribution in [-0.4, -0.2) is 26.9 Å². The fourth-order valence-electron chi connectivity index (χ4n) is 3.12. The molecule has 0 fully saturated rings. The molecule has 0 bridgehead atoms. The van der Waals surface area contributed by atoms with Crippen LogP contribution in [0, 0.1) is 11.3 Å². The van der Waals surface area contributed by atoms with Gasteiger partial charge in [-0.1, -0.05) is 35.7 Å². The monoisotopic (exact) mass is 458 g/mol. The van der Waals surface area contributed by atoms with Crippen LogP contribution >= 0.6 is 23.2 Å². The number of alkyl halides is 3. The molecule has 1 aromatic heterocycles. The zero-order valence-corrected chi connectivity index (χ0v) is 17.0. The normalized spacial score (nSPS) is 14.9. The highest BCUT2D eigenvalue weighted by atomic mass is 35.5. The van der Waals surface area contributed by atoms with Crippen molar-refractivity contribution in [3.8, 4) is 6.07 Å². The molecule has 158 valence electrons. The van der Waals surface area contributed by atoms with Gasteiger partial charge < -0.3 is 9.30 Å². The third kappa shape index (κ3) is 4.77. The summed E-state index contributed by atoms with van der Waals surface area (Å²) < 4.78 is 47.3.